The lowest BCUT2D eigenvalue weighted by Gasteiger charge is -2.22. The lowest BCUT2D eigenvalue weighted by Crippen LogP contribution is -2.43. The molecule has 2 N–H and O–H groups in total. The van der Waals surface area contributed by atoms with Gasteiger partial charge in [-0.2, -0.15) is 0 Å². The van der Waals surface area contributed by atoms with Crippen LogP contribution in [0.2, 0.25) is 5.02 Å². The van der Waals surface area contributed by atoms with Crippen LogP contribution in [0.1, 0.15) is 18.4 Å². The number of guanidine groups is 1. The van der Waals surface area contributed by atoms with Crippen molar-refractivity contribution >= 4 is 41.5 Å². The highest BCUT2D eigenvalue weighted by Gasteiger charge is 2.28. The van der Waals surface area contributed by atoms with Gasteiger partial charge in [-0.1, -0.05) is 29.8 Å². The molecule has 1 aliphatic carbocycles. The van der Waals surface area contributed by atoms with Crippen LogP contribution >= 0.6 is 35.6 Å². The fourth-order valence-corrected chi connectivity index (χ4v) is 2.91. The summed E-state index contributed by atoms with van der Waals surface area (Å²) in [5, 5.41) is 7.55. The van der Waals surface area contributed by atoms with E-state index in [1.807, 2.05) is 18.2 Å². The van der Waals surface area contributed by atoms with Gasteiger partial charge in [-0.15, -0.1) is 24.0 Å². The van der Waals surface area contributed by atoms with Crippen LogP contribution in [-0.2, 0) is 11.2 Å². The molecular weight excluding hydrogens is 451 g/mol. The minimum atomic E-state index is 0. The predicted octanol–water partition coefficient (Wildman–Crippen LogP) is 2.78. The molecule has 25 heavy (non-hydrogen) atoms. The number of nitrogens with zero attached hydrogens (tertiary/aromatic N) is 2. The Kier molecular flexibility index (Phi) is 11.4. The quantitative estimate of drug-likeness (QED) is 0.307. The van der Waals surface area contributed by atoms with E-state index in [4.69, 9.17) is 16.3 Å². The molecule has 0 amide bonds. The minimum absolute atomic E-state index is 0. The molecule has 1 saturated carbocycles. The van der Waals surface area contributed by atoms with Crippen molar-refractivity contribution in [1.82, 2.24) is 15.5 Å². The Morgan fingerprint density at radius 3 is 2.60 bits per heavy atom. The number of nitrogens with one attached hydrogen (secondary N) is 2. The zero-order chi connectivity index (χ0) is 17.2. The third-order valence-corrected chi connectivity index (χ3v) is 4.57. The van der Waals surface area contributed by atoms with Crippen molar-refractivity contribution in [3.63, 3.8) is 0 Å². The van der Waals surface area contributed by atoms with Crippen LogP contribution in [0.4, 0.5) is 0 Å². The second-order valence-corrected chi connectivity index (χ2v) is 6.43. The molecule has 7 heteroatoms. The Morgan fingerprint density at radius 1 is 1.24 bits per heavy atom. The summed E-state index contributed by atoms with van der Waals surface area (Å²) in [6, 6.07) is 8.70. The van der Waals surface area contributed by atoms with E-state index < -0.39 is 0 Å². The SMILES string of the molecule is CN=C(NCCc1ccccc1Cl)NCCN(CCOC)C1CC1.I. The molecule has 0 atom stereocenters. The van der Waals surface area contributed by atoms with Crippen molar-refractivity contribution < 1.29 is 4.74 Å². The average Bonchev–Trinajstić information content (AvgIpc) is 3.43. The number of hydrogen-bond acceptors (Lipinski definition) is 3. The molecule has 0 unspecified atom stereocenters. The average molecular weight is 481 g/mol. The van der Waals surface area contributed by atoms with Gasteiger partial charge in [0.15, 0.2) is 5.96 Å². The van der Waals surface area contributed by atoms with E-state index in [9.17, 15) is 0 Å². The Morgan fingerprint density at radius 2 is 1.96 bits per heavy atom. The molecular formula is C18H30ClIN4O. The van der Waals surface area contributed by atoms with Gasteiger partial charge < -0.3 is 15.4 Å². The summed E-state index contributed by atoms with van der Waals surface area (Å²) in [4.78, 5) is 6.77. The molecule has 1 aromatic rings. The van der Waals surface area contributed by atoms with Crippen LogP contribution in [0.5, 0.6) is 0 Å². The highest BCUT2D eigenvalue weighted by molar-refractivity contribution is 14.0. The summed E-state index contributed by atoms with van der Waals surface area (Å²) in [5.74, 6) is 0.838. The molecule has 0 heterocycles. The van der Waals surface area contributed by atoms with E-state index in [-0.39, 0.29) is 24.0 Å². The molecule has 142 valence electrons. The van der Waals surface area contributed by atoms with E-state index >= 15 is 0 Å². The van der Waals surface area contributed by atoms with Crippen LogP contribution in [0.3, 0.4) is 0 Å². The zero-order valence-corrected chi connectivity index (χ0v) is 18.2. The van der Waals surface area contributed by atoms with Crippen LogP contribution in [-0.4, -0.2) is 63.8 Å². The zero-order valence-electron chi connectivity index (χ0n) is 15.1. The number of methoxy groups -OCH3 is 1. The fourth-order valence-electron chi connectivity index (χ4n) is 2.68. The normalized spacial score (nSPS) is 14.3. The topological polar surface area (TPSA) is 48.9 Å². The Labute approximate surface area is 173 Å². The van der Waals surface area contributed by atoms with Crippen molar-refractivity contribution in [3.8, 4) is 0 Å². The fraction of sp³-hybridized carbons (Fsp3) is 0.611. The summed E-state index contributed by atoms with van der Waals surface area (Å²) in [5.41, 5.74) is 1.15. The maximum atomic E-state index is 6.18. The number of ether oxygens (including phenoxy) is 1. The van der Waals surface area contributed by atoms with Gasteiger partial charge in [0.1, 0.15) is 0 Å². The largest absolute Gasteiger partial charge is 0.383 e. The summed E-state index contributed by atoms with van der Waals surface area (Å²) in [7, 11) is 3.56. The van der Waals surface area contributed by atoms with Crippen LogP contribution in [0.15, 0.2) is 29.3 Å². The third kappa shape index (κ3) is 8.57. The van der Waals surface area contributed by atoms with Crippen molar-refractivity contribution in [3.05, 3.63) is 34.9 Å². The van der Waals surface area contributed by atoms with E-state index in [0.29, 0.717) is 0 Å². The number of benzene rings is 1. The Hall–Kier alpha value is -0.570. The molecule has 0 aliphatic heterocycles. The van der Waals surface area contributed by atoms with Gasteiger partial charge in [0, 0.05) is 51.4 Å². The summed E-state index contributed by atoms with van der Waals surface area (Å²) >= 11 is 6.18. The predicted molar refractivity (Wildman–Crippen MR) is 116 cm³/mol. The first kappa shape index (κ1) is 22.5. The van der Waals surface area contributed by atoms with Gasteiger partial charge >= 0.3 is 0 Å². The van der Waals surface area contributed by atoms with Crippen LogP contribution in [0, 0.1) is 0 Å². The maximum Gasteiger partial charge on any atom is 0.191 e. The number of halogens is 2. The molecule has 2 rings (SSSR count). The molecule has 0 radical (unpaired) electrons. The Bertz CT molecular complexity index is 526. The summed E-state index contributed by atoms with van der Waals surface area (Å²) < 4.78 is 5.19. The van der Waals surface area contributed by atoms with Gasteiger partial charge in [0.05, 0.1) is 6.61 Å². The van der Waals surface area contributed by atoms with Crippen molar-refractivity contribution in [1.29, 1.82) is 0 Å². The number of rotatable bonds is 10. The molecule has 1 aliphatic rings. The lowest BCUT2D eigenvalue weighted by molar-refractivity contribution is 0.144. The molecule has 0 saturated heterocycles. The van der Waals surface area contributed by atoms with Crippen molar-refractivity contribution in [2.45, 2.75) is 25.3 Å². The van der Waals surface area contributed by atoms with Gasteiger partial charge in [-0.05, 0) is 30.9 Å². The smallest absolute Gasteiger partial charge is 0.191 e. The third-order valence-electron chi connectivity index (χ3n) is 4.21. The van der Waals surface area contributed by atoms with Crippen LogP contribution < -0.4 is 10.6 Å². The van der Waals surface area contributed by atoms with Gasteiger partial charge in [-0.3, -0.25) is 9.89 Å². The molecule has 0 bridgehead atoms. The standard InChI is InChI=1S/C18H29ClN4O.HI/c1-20-18(21-10-9-15-5-3-4-6-17(15)19)22-11-12-23(13-14-24-2)16-7-8-16;/h3-6,16H,7-14H2,1-2H3,(H2,20,21,22);1H. The van der Waals surface area contributed by atoms with Crippen molar-refractivity contribution in [2.75, 3.05) is 46.9 Å². The van der Waals surface area contributed by atoms with E-state index in [1.54, 1.807) is 14.2 Å². The number of hydrogen-bond donors (Lipinski definition) is 2. The van der Waals surface area contributed by atoms with E-state index in [1.165, 1.54) is 12.8 Å². The minimum Gasteiger partial charge on any atom is -0.383 e. The first-order valence-corrected chi connectivity index (χ1v) is 9.03. The van der Waals surface area contributed by atoms with Gasteiger partial charge in [0.2, 0.25) is 0 Å². The highest BCUT2D eigenvalue weighted by atomic mass is 127. The first-order chi connectivity index (χ1) is 11.7. The van der Waals surface area contributed by atoms with Gasteiger partial charge in [-0.25, -0.2) is 0 Å². The highest BCUT2D eigenvalue weighted by Crippen LogP contribution is 2.25. The summed E-state index contributed by atoms with van der Waals surface area (Å²) in [6.45, 7) is 4.49. The van der Waals surface area contributed by atoms with E-state index in [0.717, 1.165) is 61.8 Å². The second kappa shape index (κ2) is 12.7. The summed E-state index contributed by atoms with van der Waals surface area (Å²) in [6.07, 6.45) is 3.51. The monoisotopic (exact) mass is 480 g/mol. The Balaban J connectivity index is 0.00000312. The molecule has 1 aromatic carbocycles. The van der Waals surface area contributed by atoms with E-state index in [2.05, 4.69) is 26.6 Å². The first-order valence-electron chi connectivity index (χ1n) is 8.65. The number of aliphatic imine (C=N–C) groups is 1. The molecule has 5 nitrogen and oxygen atoms in total. The second-order valence-electron chi connectivity index (χ2n) is 6.03. The molecule has 0 spiro atoms. The molecule has 1 fully saturated rings. The van der Waals surface area contributed by atoms with Crippen molar-refractivity contribution in [2.24, 2.45) is 4.99 Å². The molecule has 0 aromatic heterocycles. The van der Waals surface area contributed by atoms with Gasteiger partial charge in [0.25, 0.3) is 0 Å². The van der Waals surface area contributed by atoms with Crippen LogP contribution in [0.25, 0.3) is 0 Å². The maximum absolute atomic E-state index is 6.18. The lowest BCUT2D eigenvalue weighted by atomic mass is 10.1.